The Morgan fingerprint density at radius 2 is 1.91 bits per heavy atom. The molecule has 0 radical (unpaired) electrons. The number of likely N-dealkylation sites (tertiary alicyclic amines) is 1. The van der Waals surface area contributed by atoms with Gasteiger partial charge >= 0.3 is 0 Å². The third kappa shape index (κ3) is 5.21. The Balaban J connectivity index is 1.42. The highest BCUT2D eigenvalue weighted by molar-refractivity contribution is 5.76. The van der Waals surface area contributed by atoms with Crippen molar-refractivity contribution >= 4 is 5.91 Å². The van der Waals surface area contributed by atoms with Crippen molar-refractivity contribution in [2.45, 2.75) is 52.0 Å². The molecule has 1 amide bonds. The minimum Gasteiger partial charge on any atom is -0.494 e. The summed E-state index contributed by atoms with van der Waals surface area (Å²) in [5, 5.41) is 4.70. The van der Waals surface area contributed by atoms with Crippen LogP contribution in [0.2, 0.25) is 0 Å². The van der Waals surface area contributed by atoms with Crippen LogP contribution >= 0.6 is 0 Å². The molecular weight excluding hydrogens is 421 g/mol. The SMILES string of the molecule is CCCc1cc(-c2ccc(F)c(C)c2)nn1CC(=O)N1CCC(c2ncc(OC)cn2)CC1. The number of aryl methyl sites for hydroxylation is 2. The van der Waals surface area contributed by atoms with E-state index in [9.17, 15) is 9.18 Å². The fourth-order valence-electron chi connectivity index (χ4n) is 4.25. The van der Waals surface area contributed by atoms with E-state index in [2.05, 4.69) is 16.9 Å². The molecule has 2 aromatic heterocycles. The number of benzene rings is 1. The van der Waals surface area contributed by atoms with Crippen molar-refractivity contribution in [2.75, 3.05) is 20.2 Å². The summed E-state index contributed by atoms with van der Waals surface area (Å²) >= 11 is 0. The van der Waals surface area contributed by atoms with E-state index in [-0.39, 0.29) is 24.2 Å². The third-order valence-corrected chi connectivity index (χ3v) is 6.20. The van der Waals surface area contributed by atoms with E-state index in [0.717, 1.165) is 48.5 Å². The Kier molecular flexibility index (Phi) is 7.01. The molecule has 4 rings (SSSR count). The van der Waals surface area contributed by atoms with E-state index in [0.29, 0.717) is 24.4 Å². The summed E-state index contributed by atoms with van der Waals surface area (Å²) in [4.78, 5) is 23.8. The van der Waals surface area contributed by atoms with Crippen molar-refractivity contribution < 1.29 is 13.9 Å². The van der Waals surface area contributed by atoms with Crippen LogP contribution in [0.25, 0.3) is 11.3 Å². The van der Waals surface area contributed by atoms with Crippen molar-refractivity contribution in [3.05, 3.63) is 59.6 Å². The molecule has 1 aliphatic heterocycles. The van der Waals surface area contributed by atoms with Gasteiger partial charge in [0.15, 0.2) is 5.75 Å². The molecule has 3 aromatic rings. The van der Waals surface area contributed by atoms with Crippen molar-refractivity contribution in [3.63, 3.8) is 0 Å². The molecular formula is C25H30FN5O2. The van der Waals surface area contributed by atoms with Crippen LogP contribution in [0.1, 0.15) is 49.2 Å². The first-order chi connectivity index (χ1) is 16.0. The van der Waals surface area contributed by atoms with Gasteiger partial charge in [0.2, 0.25) is 5.91 Å². The summed E-state index contributed by atoms with van der Waals surface area (Å²) in [5.74, 6) is 1.52. The molecule has 0 bridgehead atoms. The number of ether oxygens (including phenoxy) is 1. The van der Waals surface area contributed by atoms with Gasteiger partial charge in [-0.2, -0.15) is 5.10 Å². The number of halogens is 1. The van der Waals surface area contributed by atoms with Crippen LogP contribution < -0.4 is 4.74 Å². The molecule has 1 saturated heterocycles. The topological polar surface area (TPSA) is 73.1 Å². The fourth-order valence-corrected chi connectivity index (χ4v) is 4.25. The molecule has 8 heteroatoms. The smallest absolute Gasteiger partial charge is 0.244 e. The maximum absolute atomic E-state index is 13.7. The van der Waals surface area contributed by atoms with E-state index >= 15 is 0 Å². The zero-order valence-electron chi connectivity index (χ0n) is 19.4. The molecule has 33 heavy (non-hydrogen) atoms. The van der Waals surface area contributed by atoms with Gasteiger partial charge in [0.25, 0.3) is 0 Å². The van der Waals surface area contributed by atoms with E-state index < -0.39 is 0 Å². The summed E-state index contributed by atoms with van der Waals surface area (Å²) in [5.41, 5.74) is 3.23. The van der Waals surface area contributed by atoms with Crippen molar-refractivity contribution in [2.24, 2.45) is 0 Å². The average molecular weight is 452 g/mol. The lowest BCUT2D eigenvalue weighted by Crippen LogP contribution is -2.40. The number of rotatable bonds is 7. The summed E-state index contributed by atoms with van der Waals surface area (Å²) in [6.45, 7) is 5.40. The molecule has 7 nitrogen and oxygen atoms in total. The van der Waals surface area contributed by atoms with E-state index in [1.54, 1.807) is 43.2 Å². The Labute approximate surface area is 193 Å². The zero-order valence-corrected chi connectivity index (χ0v) is 19.4. The summed E-state index contributed by atoms with van der Waals surface area (Å²) in [6.07, 6.45) is 6.82. The van der Waals surface area contributed by atoms with Crippen LogP contribution in [-0.4, -0.2) is 50.8 Å². The third-order valence-electron chi connectivity index (χ3n) is 6.20. The van der Waals surface area contributed by atoms with Gasteiger partial charge in [-0.05, 0) is 56.0 Å². The van der Waals surface area contributed by atoms with Crippen LogP contribution in [0.4, 0.5) is 4.39 Å². The first-order valence-electron chi connectivity index (χ1n) is 11.5. The van der Waals surface area contributed by atoms with Gasteiger partial charge in [-0.15, -0.1) is 0 Å². The summed E-state index contributed by atoms with van der Waals surface area (Å²) in [7, 11) is 1.59. The molecule has 0 unspecified atom stereocenters. The second kappa shape index (κ2) is 10.1. The Bertz CT molecular complexity index is 1100. The molecule has 0 N–H and O–H groups in total. The lowest BCUT2D eigenvalue weighted by molar-refractivity contribution is -0.133. The fraction of sp³-hybridized carbons (Fsp3) is 0.440. The molecule has 1 aromatic carbocycles. The Morgan fingerprint density at radius 3 is 2.55 bits per heavy atom. The standard InChI is InChI=1S/C25H30FN5O2/c1-4-5-20-13-23(19-6-7-22(26)17(2)12-19)29-31(20)16-24(32)30-10-8-18(9-11-30)25-27-14-21(33-3)15-28-25/h6-7,12-15,18H,4-5,8-11,16H2,1-3H3. The van der Waals surface area contributed by atoms with Gasteiger partial charge in [-0.25, -0.2) is 14.4 Å². The largest absolute Gasteiger partial charge is 0.494 e. The summed E-state index contributed by atoms with van der Waals surface area (Å²) < 4.78 is 20.6. The second-order valence-electron chi connectivity index (χ2n) is 8.53. The molecule has 3 heterocycles. The lowest BCUT2D eigenvalue weighted by atomic mass is 9.96. The number of carbonyl (C=O) groups excluding carboxylic acids is 1. The van der Waals surface area contributed by atoms with Gasteiger partial charge < -0.3 is 9.64 Å². The number of aromatic nitrogens is 4. The Morgan fingerprint density at radius 1 is 1.18 bits per heavy atom. The minimum atomic E-state index is -0.231. The van der Waals surface area contributed by atoms with Gasteiger partial charge in [-0.1, -0.05) is 13.3 Å². The van der Waals surface area contributed by atoms with Crippen LogP contribution in [0.3, 0.4) is 0 Å². The van der Waals surface area contributed by atoms with E-state index in [4.69, 9.17) is 9.84 Å². The molecule has 0 aliphatic carbocycles. The Hall–Kier alpha value is -3.29. The maximum atomic E-state index is 13.7. The van der Waals surface area contributed by atoms with E-state index in [1.807, 2.05) is 11.0 Å². The van der Waals surface area contributed by atoms with Crippen molar-refractivity contribution in [1.82, 2.24) is 24.6 Å². The maximum Gasteiger partial charge on any atom is 0.244 e. The molecule has 174 valence electrons. The van der Waals surface area contributed by atoms with Crippen LogP contribution in [0, 0.1) is 12.7 Å². The highest BCUT2D eigenvalue weighted by Gasteiger charge is 2.26. The zero-order chi connectivity index (χ0) is 23.4. The van der Waals surface area contributed by atoms with Crippen LogP contribution in [0.15, 0.2) is 36.7 Å². The van der Waals surface area contributed by atoms with Gasteiger partial charge in [-0.3, -0.25) is 9.48 Å². The van der Waals surface area contributed by atoms with Crippen LogP contribution in [0.5, 0.6) is 5.75 Å². The predicted octanol–water partition coefficient (Wildman–Crippen LogP) is 4.15. The highest BCUT2D eigenvalue weighted by atomic mass is 19.1. The number of methoxy groups -OCH3 is 1. The van der Waals surface area contributed by atoms with Gasteiger partial charge in [0.05, 0.1) is 25.2 Å². The monoisotopic (exact) mass is 451 g/mol. The number of amides is 1. The normalized spacial score (nSPS) is 14.5. The quantitative estimate of drug-likeness (QED) is 0.539. The first kappa shape index (κ1) is 22.9. The second-order valence-corrected chi connectivity index (χ2v) is 8.53. The number of carbonyl (C=O) groups is 1. The lowest BCUT2D eigenvalue weighted by Gasteiger charge is -2.31. The van der Waals surface area contributed by atoms with Crippen molar-refractivity contribution in [1.29, 1.82) is 0 Å². The molecule has 0 atom stereocenters. The first-order valence-corrected chi connectivity index (χ1v) is 11.5. The van der Waals surface area contributed by atoms with Crippen molar-refractivity contribution in [3.8, 4) is 17.0 Å². The minimum absolute atomic E-state index is 0.0615. The number of piperidine rings is 1. The predicted molar refractivity (Wildman–Crippen MR) is 123 cm³/mol. The molecule has 1 fully saturated rings. The molecule has 1 aliphatic rings. The van der Waals surface area contributed by atoms with Crippen LogP contribution in [-0.2, 0) is 17.8 Å². The number of nitrogens with zero attached hydrogens (tertiary/aromatic N) is 5. The van der Waals surface area contributed by atoms with Gasteiger partial charge in [0, 0.05) is 30.3 Å². The molecule has 0 spiro atoms. The van der Waals surface area contributed by atoms with Gasteiger partial charge in [0.1, 0.15) is 18.2 Å². The number of hydrogen-bond acceptors (Lipinski definition) is 5. The highest BCUT2D eigenvalue weighted by Crippen LogP contribution is 2.27. The molecule has 0 saturated carbocycles. The average Bonchev–Trinajstić information content (AvgIpc) is 3.23. The number of hydrogen-bond donors (Lipinski definition) is 0. The summed E-state index contributed by atoms with van der Waals surface area (Å²) in [6, 6.07) is 7.01. The van der Waals surface area contributed by atoms with E-state index in [1.165, 1.54) is 6.07 Å².